The van der Waals surface area contributed by atoms with Crippen LogP contribution in [0.25, 0.3) is 0 Å². The number of anilines is 1. The van der Waals surface area contributed by atoms with E-state index in [2.05, 4.69) is 5.32 Å². The predicted molar refractivity (Wildman–Crippen MR) is 52.3 cm³/mol. The topological polar surface area (TPSA) is 49.4 Å². The number of amides is 4. The molecule has 14 heavy (non-hydrogen) atoms. The minimum Gasteiger partial charge on any atom is -0.258 e. The van der Waals surface area contributed by atoms with Crippen molar-refractivity contribution in [3.8, 4) is 0 Å². The van der Waals surface area contributed by atoms with Crippen LogP contribution < -0.4 is 10.2 Å². The molecule has 1 fully saturated rings. The van der Waals surface area contributed by atoms with Crippen LogP contribution in [0, 0.1) is 13.8 Å². The Kier molecular flexibility index (Phi) is 1.77. The van der Waals surface area contributed by atoms with E-state index in [4.69, 9.17) is 0 Å². The summed E-state index contributed by atoms with van der Waals surface area (Å²) >= 11 is 0. The quantitative estimate of drug-likeness (QED) is 0.735. The Morgan fingerprint density at radius 1 is 1.00 bits per heavy atom. The van der Waals surface area contributed by atoms with Gasteiger partial charge in [0.1, 0.15) is 0 Å². The Bertz CT molecular complexity index is 392. The van der Waals surface area contributed by atoms with Crippen LogP contribution in [-0.4, -0.2) is 12.1 Å². The number of aryl methyl sites for hydroxylation is 2. The highest BCUT2D eigenvalue weighted by Crippen LogP contribution is 2.21. The lowest BCUT2D eigenvalue weighted by Gasteiger charge is -2.29. The van der Waals surface area contributed by atoms with E-state index in [-0.39, 0.29) is 12.1 Å². The third kappa shape index (κ3) is 1.25. The monoisotopic (exact) mass is 190 g/mol. The van der Waals surface area contributed by atoms with Crippen molar-refractivity contribution >= 4 is 17.7 Å². The maximum absolute atomic E-state index is 11.1. The molecule has 1 heterocycles. The summed E-state index contributed by atoms with van der Waals surface area (Å²) in [6.07, 6.45) is 0. The smallest absolute Gasteiger partial charge is 0.258 e. The van der Waals surface area contributed by atoms with Crippen LogP contribution in [-0.2, 0) is 0 Å². The molecule has 72 valence electrons. The van der Waals surface area contributed by atoms with Gasteiger partial charge in [0.15, 0.2) is 0 Å². The van der Waals surface area contributed by atoms with Gasteiger partial charge in [0.25, 0.3) is 0 Å². The van der Waals surface area contributed by atoms with E-state index in [1.807, 2.05) is 32.0 Å². The summed E-state index contributed by atoms with van der Waals surface area (Å²) in [5.74, 6) is 0. The number of benzene rings is 1. The standard InChI is InChI=1S/C10H10N2O2/c1-6-3-7(2)5-8(4-6)12-9(13)11-10(12)14/h3-5H,1-2H3,(H,11,13,14). The zero-order valence-corrected chi connectivity index (χ0v) is 8.00. The number of rotatable bonds is 1. The van der Waals surface area contributed by atoms with Crippen LogP contribution in [0.1, 0.15) is 11.1 Å². The molecule has 2 rings (SSSR count). The van der Waals surface area contributed by atoms with E-state index in [0.717, 1.165) is 16.0 Å². The van der Waals surface area contributed by atoms with Crippen molar-refractivity contribution in [1.82, 2.24) is 5.32 Å². The lowest BCUT2D eigenvalue weighted by Crippen LogP contribution is -2.61. The molecule has 1 aliphatic rings. The van der Waals surface area contributed by atoms with E-state index >= 15 is 0 Å². The molecule has 4 nitrogen and oxygen atoms in total. The molecule has 0 radical (unpaired) electrons. The second-order valence-corrected chi connectivity index (χ2v) is 3.42. The molecular formula is C10H10N2O2. The first kappa shape index (κ1) is 8.74. The normalized spacial score (nSPS) is 15.1. The SMILES string of the molecule is Cc1cc(C)cc(N2C(=O)NC2=O)c1. The average Bonchev–Trinajstić information content (AvgIpc) is 2.00. The number of nitrogens with one attached hydrogen (secondary N) is 1. The summed E-state index contributed by atoms with van der Waals surface area (Å²) in [4.78, 5) is 23.2. The van der Waals surface area contributed by atoms with Gasteiger partial charge < -0.3 is 0 Å². The fourth-order valence-electron chi connectivity index (χ4n) is 1.56. The minimum atomic E-state index is -0.361. The number of carbonyl (C=O) groups excluding carboxylic acids is 2. The van der Waals surface area contributed by atoms with Gasteiger partial charge in [-0.2, -0.15) is 0 Å². The van der Waals surface area contributed by atoms with Gasteiger partial charge >= 0.3 is 12.1 Å². The van der Waals surface area contributed by atoms with Gasteiger partial charge in [-0.05, 0) is 37.1 Å². The number of hydrogen-bond acceptors (Lipinski definition) is 2. The lowest BCUT2D eigenvalue weighted by atomic mass is 10.1. The highest BCUT2D eigenvalue weighted by atomic mass is 16.2. The largest absolute Gasteiger partial charge is 0.338 e. The van der Waals surface area contributed by atoms with Crippen molar-refractivity contribution in [3.63, 3.8) is 0 Å². The highest BCUT2D eigenvalue weighted by Gasteiger charge is 2.35. The fourth-order valence-corrected chi connectivity index (χ4v) is 1.56. The number of imide groups is 2. The molecule has 1 aromatic rings. The molecule has 4 amide bonds. The highest BCUT2D eigenvalue weighted by molar-refractivity contribution is 6.28. The first-order valence-electron chi connectivity index (χ1n) is 4.31. The number of carbonyl (C=O) groups is 2. The Morgan fingerprint density at radius 2 is 1.50 bits per heavy atom. The van der Waals surface area contributed by atoms with Crippen LogP contribution in [0.3, 0.4) is 0 Å². The maximum atomic E-state index is 11.1. The van der Waals surface area contributed by atoms with Crippen molar-refractivity contribution in [2.75, 3.05) is 4.90 Å². The van der Waals surface area contributed by atoms with Crippen molar-refractivity contribution < 1.29 is 9.59 Å². The van der Waals surface area contributed by atoms with Gasteiger partial charge in [-0.15, -0.1) is 0 Å². The molecule has 0 spiro atoms. The van der Waals surface area contributed by atoms with Crippen LogP contribution in [0.4, 0.5) is 15.3 Å². The molecule has 1 N–H and O–H groups in total. The van der Waals surface area contributed by atoms with Crippen molar-refractivity contribution in [2.24, 2.45) is 0 Å². The average molecular weight is 190 g/mol. The Hall–Kier alpha value is -1.84. The molecule has 1 saturated heterocycles. The van der Waals surface area contributed by atoms with Crippen molar-refractivity contribution in [2.45, 2.75) is 13.8 Å². The number of nitrogens with zero attached hydrogens (tertiary/aromatic N) is 1. The Morgan fingerprint density at radius 3 is 1.93 bits per heavy atom. The van der Waals surface area contributed by atoms with E-state index in [1.165, 1.54) is 0 Å². The van der Waals surface area contributed by atoms with Gasteiger partial charge in [0, 0.05) is 0 Å². The summed E-state index contributed by atoms with van der Waals surface area (Å²) < 4.78 is 0. The maximum Gasteiger partial charge on any atom is 0.338 e. The molecular weight excluding hydrogens is 180 g/mol. The zero-order valence-electron chi connectivity index (χ0n) is 8.00. The molecule has 0 bridgehead atoms. The van der Waals surface area contributed by atoms with E-state index in [1.54, 1.807) is 0 Å². The molecule has 0 unspecified atom stereocenters. The van der Waals surface area contributed by atoms with Gasteiger partial charge in [0.05, 0.1) is 5.69 Å². The second-order valence-electron chi connectivity index (χ2n) is 3.42. The summed E-state index contributed by atoms with van der Waals surface area (Å²) in [6, 6.07) is 4.89. The van der Waals surface area contributed by atoms with E-state index in [0.29, 0.717) is 5.69 Å². The number of urea groups is 2. The van der Waals surface area contributed by atoms with Crippen LogP contribution in [0.2, 0.25) is 0 Å². The number of hydrogen-bond donors (Lipinski definition) is 1. The molecule has 4 heteroatoms. The summed E-state index contributed by atoms with van der Waals surface area (Å²) in [6.45, 7) is 3.86. The van der Waals surface area contributed by atoms with Crippen molar-refractivity contribution in [3.05, 3.63) is 29.3 Å². The minimum absolute atomic E-state index is 0.361. The summed E-state index contributed by atoms with van der Waals surface area (Å²) in [5, 5.41) is 2.14. The molecule has 0 aliphatic carbocycles. The van der Waals surface area contributed by atoms with E-state index < -0.39 is 0 Å². The summed E-state index contributed by atoms with van der Waals surface area (Å²) in [7, 11) is 0. The van der Waals surface area contributed by atoms with Gasteiger partial charge in [-0.25, -0.2) is 14.5 Å². The van der Waals surface area contributed by atoms with Gasteiger partial charge in [0.2, 0.25) is 0 Å². The third-order valence-corrected chi connectivity index (χ3v) is 2.08. The van der Waals surface area contributed by atoms with Gasteiger partial charge in [-0.1, -0.05) is 6.07 Å². The first-order chi connectivity index (χ1) is 6.58. The molecule has 1 aliphatic heterocycles. The summed E-state index contributed by atoms with van der Waals surface area (Å²) in [5.41, 5.74) is 2.70. The predicted octanol–water partition coefficient (Wildman–Crippen LogP) is 1.95. The van der Waals surface area contributed by atoms with Crippen LogP contribution in [0.5, 0.6) is 0 Å². The lowest BCUT2D eigenvalue weighted by molar-refractivity contribution is 0.218. The fraction of sp³-hybridized carbons (Fsp3) is 0.200. The molecule has 0 saturated carbocycles. The Labute approximate surface area is 81.5 Å². The Balaban J connectivity index is 2.41. The zero-order chi connectivity index (χ0) is 10.3. The van der Waals surface area contributed by atoms with Crippen molar-refractivity contribution in [1.29, 1.82) is 0 Å². The van der Waals surface area contributed by atoms with Crippen LogP contribution >= 0.6 is 0 Å². The van der Waals surface area contributed by atoms with Gasteiger partial charge in [-0.3, -0.25) is 5.32 Å². The van der Waals surface area contributed by atoms with E-state index in [9.17, 15) is 9.59 Å². The third-order valence-electron chi connectivity index (χ3n) is 2.08. The molecule has 0 atom stereocenters. The molecule has 0 aromatic heterocycles. The first-order valence-corrected chi connectivity index (χ1v) is 4.31. The van der Waals surface area contributed by atoms with Crippen LogP contribution in [0.15, 0.2) is 18.2 Å². The molecule has 1 aromatic carbocycles. The second kappa shape index (κ2) is 2.83.